The summed E-state index contributed by atoms with van der Waals surface area (Å²) in [5, 5.41) is 0. The van der Waals surface area contributed by atoms with Crippen LogP contribution in [0.15, 0.2) is 77.8 Å². The highest BCUT2D eigenvalue weighted by atomic mass is 15.1. The van der Waals surface area contributed by atoms with Crippen LogP contribution in [0.4, 0.5) is 5.69 Å². The Balaban J connectivity index is 1.69. The quantitative estimate of drug-likeness (QED) is 0.625. The summed E-state index contributed by atoms with van der Waals surface area (Å²) in [7, 11) is 4.10. The molecule has 0 aromatic heterocycles. The summed E-state index contributed by atoms with van der Waals surface area (Å²) < 4.78 is 0. The van der Waals surface area contributed by atoms with Crippen molar-refractivity contribution in [3.05, 3.63) is 89.5 Å². The molecular formula is C22H20N2. The number of hydrogen-bond donors (Lipinski definition) is 0. The number of aliphatic imine (C=N–C) groups is 1. The molecule has 0 unspecified atom stereocenters. The molecule has 3 aromatic carbocycles. The van der Waals surface area contributed by atoms with Crippen LogP contribution in [-0.2, 0) is 0 Å². The Morgan fingerprint density at radius 1 is 0.750 bits per heavy atom. The van der Waals surface area contributed by atoms with Gasteiger partial charge in [0.2, 0.25) is 0 Å². The summed E-state index contributed by atoms with van der Waals surface area (Å²) in [6, 6.07) is 25.7. The normalized spacial score (nSPS) is 13.1. The predicted molar refractivity (Wildman–Crippen MR) is 102 cm³/mol. The molecule has 0 saturated heterocycles. The maximum absolute atomic E-state index is 4.91. The molecule has 0 spiro atoms. The maximum Gasteiger partial charge on any atom is 0.101 e. The van der Waals surface area contributed by atoms with Gasteiger partial charge in [-0.2, -0.15) is 0 Å². The average Bonchev–Trinajstić information content (AvgIpc) is 2.94. The molecule has 4 rings (SSSR count). The molecule has 0 heterocycles. The Morgan fingerprint density at radius 2 is 1.29 bits per heavy atom. The fraction of sp³-hybridized carbons (Fsp3) is 0.136. The Morgan fingerprint density at radius 3 is 1.83 bits per heavy atom. The van der Waals surface area contributed by atoms with Gasteiger partial charge in [-0.05, 0) is 39.9 Å². The number of anilines is 1. The fourth-order valence-electron chi connectivity index (χ4n) is 3.31. The van der Waals surface area contributed by atoms with Crippen molar-refractivity contribution in [1.82, 2.24) is 0 Å². The Bertz CT molecular complexity index is 846. The van der Waals surface area contributed by atoms with Crippen LogP contribution < -0.4 is 4.90 Å². The molecule has 0 amide bonds. The first-order valence-electron chi connectivity index (χ1n) is 8.23. The SMILES string of the molecule is CN(C)c1ccc(C=NC2c3ccccc3-c3ccccc32)cc1. The monoisotopic (exact) mass is 312 g/mol. The van der Waals surface area contributed by atoms with Crippen LogP contribution in [0.2, 0.25) is 0 Å². The van der Waals surface area contributed by atoms with Gasteiger partial charge in [0.1, 0.15) is 6.04 Å². The van der Waals surface area contributed by atoms with Crippen LogP contribution in [0.5, 0.6) is 0 Å². The van der Waals surface area contributed by atoms with Crippen molar-refractivity contribution in [2.75, 3.05) is 19.0 Å². The van der Waals surface area contributed by atoms with Gasteiger partial charge >= 0.3 is 0 Å². The van der Waals surface area contributed by atoms with Gasteiger partial charge in [-0.25, -0.2) is 0 Å². The lowest BCUT2D eigenvalue weighted by Crippen LogP contribution is -2.08. The highest BCUT2D eigenvalue weighted by molar-refractivity contribution is 5.83. The first-order chi connectivity index (χ1) is 11.7. The van der Waals surface area contributed by atoms with Gasteiger partial charge in [-0.1, -0.05) is 60.7 Å². The lowest BCUT2D eigenvalue weighted by atomic mass is 10.1. The molecule has 0 atom stereocenters. The summed E-state index contributed by atoms with van der Waals surface area (Å²) in [6.45, 7) is 0. The fourth-order valence-corrected chi connectivity index (χ4v) is 3.31. The molecule has 0 fully saturated rings. The van der Waals surface area contributed by atoms with E-state index in [4.69, 9.17) is 4.99 Å². The molecule has 0 N–H and O–H groups in total. The average molecular weight is 312 g/mol. The van der Waals surface area contributed by atoms with Crippen LogP contribution >= 0.6 is 0 Å². The van der Waals surface area contributed by atoms with E-state index in [1.807, 2.05) is 6.21 Å². The number of hydrogen-bond acceptors (Lipinski definition) is 2. The molecule has 24 heavy (non-hydrogen) atoms. The van der Waals surface area contributed by atoms with Crippen LogP contribution in [0.25, 0.3) is 11.1 Å². The van der Waals surface area contributed by atoms with Crippen molar-refractivity contribution in [2.45, 2.75) is 6.04 Å². The molecule has 2 heteroatoms. The van der Waals surface area contributed by atoms with E-state index >= 15 is 0 Å². The topological polar surface area (TPSA) is 15.6 Å². The second-order valence-electron chi connectivity index (χ2n) is 6.34. The molecule has 118 valence electrons. The van der Waals surface area contributed by atoms with Crippen LogP contribution in [0.1, 0.15) is 22.7 Å². The minimum atomic E-state index is 0.0888. The van der Waals surface area contributed by atoms with Crippen molar-refractivity contribution in [3.63, 3.8) is 0 Å². The third kappa shape index (κ3) is 2.50. The summed E-state index contributed by atoms with van der Waals surface area (Å²) in [5.74, 6) is 0. The number of benzene rings is 3. The van der Waals surface area contributed by atoms with Gasteiger partial charge in [0.05, 0.1) is 0 Å². The van der Waals surface area contributed by atoms with E-state index in [0.29, 0.717) is 0 Å². The standard InChI is InChI=1S/C22H20N2/c1-24(2)17-13-11-16(12-14-17)15-23-22-20-9-5-3-7-18(20)19-8-4-6-10-21(19)22/h3-15,22H,1-2H3. The van der Waals surface area contributed by atoms with Crippen molar-refractivity contribution >= 4 is 11.9 Å². The van der Waals surface area contributed by atoms with E-state index in [1.165, 1.54) is 27.9 Å². The largest absolute Gasteiger partial charge is 0.378 e. The summed E-state index contributed by atoms with van der Waals surface area (Å²) in [5.41, 5.74) is 7.52. The van der Waals surface area contributed by atoms with Gasteiger partial charge < -0.3 is 4.90 Å². The van der Waals surface area contributed by atoms with E-state index in [-0.39, 0.29) is 6.04 Å². The lowest BCUT2D eigenvalue weighted by molar-refractivity contribution is 0.908. The van der Waals surface area contributed by atoms with E-state index < -0.39 is 0 Å². The van der Waals surface area contributed by atoms with Gasteiger partial charge in [-0.3, -0.25) is 4.99 Å². The van der Waals surface area contributed by atoms with Crippen molar-refractivity contribution < 1.29 is 0 Å². The molecule has 0 radical (unpaired) electrons. The molecular weight excluding hydrogens is 292 g/mol. The minimum Gasteiger partial charge on any atom is -0.378 e. The maximum atomic E-state index is 4.91. The third-order valence-electron chi connectivity index (χ3n) is 4.58. The highest BCUT2D eigenvalue weighted by Crippen LogP contribution is 2.44. The molecule has 0 bridgehead atoms. The van der Waals surface area contributed by atoms with Gasteiger partial charge in [0.25, 0.3) is 0 Å². The van der Waals surface area contributed by atoms with E-state index in [1.54, 1.807) is 0 Å². The summed E-state index contributed by atoms with van der Waals surface area (Å²) >= 11 is 0. The van der Waals surface area contributed by atoms with Crippen LogP contribution in [0.3, 0.4) is 0 Å². The van der Waals surface area contributed by atoms with Gasteiger partial charge in [0.15, 0.2) is 0 Å². The number of fused-ring (bicyclic) bond motifs is 3. The van der Waals surface area contributed by atoms with Gasteiger partial charge in [0, 0.05) is 26.0 Å². The van der Waals surface area contributed by atoms with E-state index in [9.17, 15) is 0 Å². The van der Waals surface area contributed by atoms with Crippen LogP contribution in [0, 0.1) is 0 Å². The van der Waals surface area contributed by atoms with Crippen molar-refractivity contribution in [2.24, 2.45) is 4.99 Å². The number of nitrogens with zero attached hydrogens (tertiary/aromatic N) is 2. The highest BCUT2D eigenvalue weighted by Gasteiger charge is 2.26. The molecule has 0 saturated carbocycles. The zero-order valence-corrected chi connectivity index (χ0v) is 14.0. The molecule has 2 nitrogen and oxygen atoms in total. The third-order valence-corrected chi connectivity index (χ3v) is 4.58. The minimum absolute atomic E-state index is 0.0888. The Kier molecular flexibility index (Phi) is 3.66. The summed E-state index contributed by atoms with van der Waals surface area (Å²) in [4.78, 5) is 7.01. The second-order valence-corrected chi connectivity index (χ2v) is 6.34. The molecule has 3 aromatic rings. The zero-order valence-electron chi connectivity index (χ0n) is 14.0. The zero-order chi connectivity index (χ0) is 16.5. The molecule has 1 aliphatic carbocycles. The first-order valence-corrected chi connectivity index (χ1v) is 8.23. The Labute approximate surface area is 143 Å². The first kappa shape index (κ1) is 14.7. The van der Waals surface area contributed by atoms with Gasteiger partial charge in [-0.15, -0.1) is 0 Å². The smallest absolute Gasteiger partial charge is 0.101 e. The molecule has 1 aliphatic rings. The second kappa shape index (κ2) is 5.97. The van der Waals surface area contributed by atoms with Crippen molar-refractivity contribution in [1.29, 1.82) is 0 Å². The lowest BCUT2D eigenvalue weighted by Gasteiger charge is -2.12. The van der Waals surface area contributed by atoms with Crippen molar-refractivity contribution in [3.8, 4) is 11.1 Å². The van der Waals surface area contributed by atoms with E-state index in [0.717, 1.165) is 5.56 Å². The number of rotatable bonds is 3. The molecule has 0 aliphatic heterocycles. The summed E-state index contributed by atoms with van der Waals surface area (Å²) in [6.07, 6.45) is 1.99. The Hall–Kier alpha value is -2.87. The van der Waals surface area contributed by atoms with E-state index in [2.05, 4.69) is 91.8 Å². The van der Waals surface area contributed by atoms with Crippen LogP contribution in [-0.4, -0.2) is 20.3 Å². The predicted octanol–water partition coefficient (Wildman–Crippen LogP) is 4.94.